The second-order valence-electron chi connectivity index (χ2n) is 3.16. The van der Waals surface area contributed by atoms with Crippen LogP contribution in [0.5, 0.6) is 11.5 Å². The van der Waals surface area contributed by atoms with Crippen molar-refractivity contribution in [2.45, 2.75) is 0 Å². The highest BCUT2D eigenvalue weighted by Crippen LogP contribution is 2.32. The number of primary amides is 1. The monoisotopic (exact) mass is 221 g/mol. The second-order valence-corrected chi connectivity index (χ2v) is 3.16. The predicted molar refractivity (Wildman–Crippen MR) is 54.3 cm³/mol. The average Bonchev–Trinajstić information content (AvgIpc) is 2.23. The van der Waals surface area contributed by atoms with Gasteiger partial charge in [0.1, 0.15) is 5.56 Å². The molecular formula is C10H7NO5. The van der Waals surface area contributed by atoms with Gasteiger partial charge in [0, 0.05) is 5.39 Å². The van der Waals surface area contributed by atoms with E-state index < -0.39 is 23.0 Å². The van der Waals surface area contributed by atoms with Crippen LogP contribution in [0.1, 0.15) is 10.4 Å². The first-order valence-corrected chi connectivity index (χ1v) is 4.29. The lowest BCUT2D eigenvalue weighted by molar-refractivity contribution is 0.0997. The lowest BCUT2D eigenvalue weighted by atomic mass is 10.1. The largest absolute Gasteiger partial charge is 0.504 e. The molecule has 4 N–H and O–H groups in total. The van der Waals surface area contributed by atoms with Crippen LogP contribution in [0, 0.1) is 0 Å². The number of fused-ring (bicyclic) bond motifs is 1. The van der Waals surface area contributed by atoms with Crippen molar-refractivity contribution < 1.29 is 19.4 Å². The van der Waals surface area contributed by atoms with Crippen LogP contribution in [-0.4, -0.2) is 16.1 Å². The molecule has 82 valence electrons. The van der Waals surface area contributed by atoms with Gasteiger partial charge in [-0.3, -0.25) is 4.79 Å². The molecule has 0 aliphatic carbocycles. The van der Waals surface area contributed by atoms with E-state index in [0.29, 0.717) is 5.39 Å². The van der Waals surface area contributed by atoms with Crippen LogP contribution in [0.25, 0.3) is 11.0 Å². The Kier molecular flexibility index (Phi) is 2.05. The zero-order valence-corrected chi connectivity index (χ0v) is 7.93. The minimum Gasteiger partial charge on any atom is -0.504 e. The molecule has 0 fully saturated rings. The molecule has 0 saturated carbocycles. The summed E-state index contributed by atoms with van der Waals surface area (Å²) in [5.41, 5.74) is 3.51. The third-order valence-electron chi connectivity index (χ3n) is 2.12. The van der Waals surface area contributed by atoms with Crippen LogP contribution >= 0.6 is 0 Å². The topological polar surface area (TPSA) is 114 Å². The Hall–Kier alpha value is -2.50. The Bertz CT molecular complexity index is 643. The summed E-state index contributed by atoms with van der Waals surface area (Å²) in [4.78, 5) is 22.1. The van der Waals surface area contributed by atoms with Crippen LogP contribution < -0.4 is 11.4 Å². The number of rotatable bonds is 1. The molecule has 1 amide bonds. The standard InChI is InChI=1S/C10H7NO5/c11-9(14)5-3-4-1-2-6(12)7(13)8(4)16-10(5)15/h1-3,12-13H,(H2,11,14). The molecule has 2 aromatic rings. The van der Waals surface area contributed by atoms with Crippen LogP contribution in [-0.2, 0) is 0 Å². The maximum atomic E-state index is 11.3. The molecule has 0 aliphatic rings. The highest BCUT2D eigenvalue weighted by molar-refractivity contribution is 5.96. The van der Waals surface area contributed by atoms with Gasteiger partial charge in [0.2, 0.25) is 5.75 Å². The summed E-state index contributed by atoms with van der Waals surface area (Å²) < 4.78 is 4.70. The fourth-order valence-corrected chi connectivity index (χ4v) is 1.33. The van der Waals surface area contributed by atoms with Crippen molar-refractivity contribution in [3.63, 3.8) is 0 Å². The number of phenols is 2. The molecule has 6 heteroatoms. The number of aromatic hydroxyl groups is 2. The van der Waals surface area contributed by atoms with Crippen molar-refractivity contribution in [2.75, 3.05) is 0 Å². The Balaban J connectivity index is 2.89. The number of carbonyl (C=O) groups excluding carboxylic acids is 1. The average molecular weight is 221 g/mol. The first-order valence-electron chi connectivity index (χ1n) is 4.29. The Morgan fingerprint density at radius 3 is 2.62 bits per heavy atom. The van der Waals surface area contributed by atoms with Gasteiger partial charge < -0.3 is 20.4 Å². The van der Waals surface area contributed by atoms with Gasteiger partial charge in [-0.1, -0.05) is 0 Å². The Morgan fingerprint density at radius 2 is 2.00 bits per heavy atom. The first-order chi connectivity index (χ1) is 7.50. The molecule has 0 aliphatic heterocycles. The third kappa shape index (κ3) is 1.36. The molecule has 0 unspecified atom stereocenters. The van der Waals surface area contributed by atoms with Gasteiger partial charge in [0.05, 0.1) is 0 Å². The number of hydrogen-bond donors (Lipinski definition) is 3. The van der Waals surface area contributed by atoms with E-state index in [-0.39, 0.29) is 11.1 Å². The molecule has 0 atom stereocenters. The predicted octanol–water partition coefficient (Wildman–Crippen LogP) is 0.303. The summed E-state index contributed by atoms with van der Waals surface area (Å²) in [6.07, 6.45) is 0. The second kappa shape index (κ2) is 3.27. The van der Waals surface area contributed by atoms with E-state index in [4.69, 9.17) is 10.2 Å². The fraction of sp³-hybridized carbons (Fsp3) is 0. The summed E-state index contributed by atoms with van der Waals surface area (Å²) in [5, 5.41) is 18.9. The van der Waals surface area contributed by atoms with Gasteiger partial charge >= 0.3 is 5.63 Å². The summed E-state index contributed by atoms with van der Waals surface area (Å²) in [7, 11) is 0. The summed E-state index contributed by atoms with van der Waals surface area (Å²) in [5.74, 6) is -1.88. The van der Waals surface area contributed by atoms with Crippen molar-refractivity contribution >= 4 is 16.9 Å². The summed E-state index contributed by atoms with van der Waals surface area (Å²) >= 11 is 0. The molecule has 2 rings (SSSR count). The number of nitrogens with two attached hydrogens (primary N) is 1. The van der Waals surface area contributed by atoms with Crippen molar-refractivity contribution in [1.29, 1.82) is 0 Å². The van der Waals surface area contributed by atoms with E-state index >= 15 is 0 Å². The molecular weight excluding hydrogens is 214 g/mol. The Labute approximate surface area is 88.5 Å². The van der Waals surface area contributed by atoms with Crippen LogP contribution in [0.15, 0.2) is 27.4 Å². The smallest absolute Gasteiger partial charge is 0.349 e. The molecule has 1 heterocycles. The highest BCUT2D eigenvalue weighted by Gasteiger charge is 2.14. The number of hydrogen-bond acceptors (Lipinski definition) is 5. The van der Waals surface area contributed by atoms with Crippen molar-refractivity contribution in [3.05, 3.63) is 34.2 Å². The third-order valence-corrected chi connectivity index (χ3v) is 2.12. The molecule has 1 aromatic carbocycles. The maximum Gasteiger partial charge on any atom is 0.349 e. The molecule has 6 nitrogen and oxygen atoms in total. The van der Waals surface area contributed by atoms with Gasteiger partial charge in [0.25, 0.3) is 5.91 Å². The van der Waals surface area contributed by atoms with Gasteiger partial charge in [0.15, 0.2) is 11.3 Å². The molecule has 0 saturated heterocycles. The molecule has 0 spiro atoms. The molecule has 16 heavy (non-hydrogen) atoms. The zero-order chi connectivity index (χ0) is 11.9. The van der Waals surface area contributed by atoms with Gasteiger partial charge in [-0.2, -0.15) is 0 Å². The van der Waals surface area contributed by atoms with Crippen molar-refractivity contribution in [1.82, 2.24) is 0 Å². The van der Waals surface area contributed by atoms with E-state index in [2.05, 4.69) is 0 Å². The van der Waals surface area contributed by atoms with Crippen molar-refractivity contribution in [3.8, 4) is 11.5 Å². The molecule has 0 radical (unpaired) electrons. The zero-order valence-electron chi connectivity index (χ0n) is 7.93. The highest BCUT2D eigenvalue weighted by atomic mass is 16.4. The van der Waals surface area contributed by atoms with E-state index in [1.807, 2.05) is 0 Å². The van der Waals surface area contributed by atoms with Crippen molar-refractivity contribution in [2.24, 2.45) is 5.73 Å². The van der Waals surface area contributed by atoms with Crippen LogP contribution in [0.3, 0.4) is 0 Å². The number of benzene rings is 1. The van der Waals surface area contributed by atoms with E-state index in [0.717, 1.165) is 0 Å². The maximum absolute atomic E-state index is 11.3. The number of carbonyl (C=O) groups is 1. The normalized spacial score (nSPS) is 10.5. The minimum atomic E-state index is -0.957. The summed E-state index contributed by atoms with van der Waals surface area (Å²) in [6.45, 7) is 0. The fourth-order valence-electron chi connectivity index (χ4n) is 1.33. The Morgan fingerprint density at radius 1 is 1.31 bits per heavy atom. The quantitative estimate of drug-likeness (QED) is 0.473. The van der Waals surface area contributed by atoms with Gasteiger partial charge in [-0.05, 0) is 18.2 Å². The van der Waals surface area contributed by atoms with E-state index in [1.165, 1.54) is 18.2 Å². The number of phenolic OH excluding ortho intramolecular Hbond substituents is 2. The van der Waals surface area contributed by atoms with Gasteiger partial charge in [-0.15, -0.1) is 0 Å². The SMILES string of the molecule is NC(=O)c1cc2ccc(O)c(O)c2oc1=O. The lowest BCUT2D eigenvalue weighted by Crippen LogP contribution is -2.20. The van der Waals surface area contributed by atoms with E-state index in [1.54, 1.807) is 0 Å². The summed E-state index contributed by atoms with van der Waals surface area (Å²) in [6, 6.07) is 3.80. The number of amides is 1. The van der Waals surface area contributed by atoms with Crippen LogP contribution in [0.4, 0.5) is 0 Å². The van der Waals surface area contributed by atoms with Crippen LogP contribution in [0.2, 0.25) is 0 Å². The van der Waals surface area contributed by atoms with Gasteiger partial charge in [-0.25, -0.2) is 4.79 Å². The van der Waals surface area contributed by atoms with E-state index in [9.17, 15) is 19.8 Å². The first kappa shape index (κ1) is 10.0. The lowest BCUT2D eigenvalue weighted by Gasteiger charge is -2.02. The molecule has 1 aromatic heterocycles. The molecule has 0 bridgehead atoms. The minimum absolute atomic E-state index is 0.185.